The van der Waals surface area contributed by atoms with Crippen LogP contribution in [0.1, 0.15) is 5.56 Å². The molecule has 0 saturated carbocycles. The van der Waals surface area contributed by atoms with Crippen molar-refractivity contribution in [2.45, 2.75) is 17.5 Å². The van der Waals surface area contributed by atoms with Crippen molar-refractivity contribution in [3.05, 3.63) is 71.1 Å². The molecule has 0 unspecified atom stereocenters. The van der Waals surface area contributed by atoms with Crippen LogP contribution in [0.3, 0.4) is 0 Å². The molecule has 170 valence electrons. The van der Waals surface area contributed by atoms with Gasteiger partial charge in [-0.05, 0) is 35.9 Å². The number of fused-ring (bicyclic) bond motifs is 1. The fourth-order valence-electron chi connectivity index (χ4n) is 3.21. The summed E-state index contributed by atoms with van der Waals surface area (Å²) in [5, 5.41) is 3.81. The van der Waals surface area contributed by atoms with E-state index in [1.54, 1.807) is 41.1 Å². The number of hydrogen-bond acceptors (Lipinski definition) is 6. The number of amides is 1. The first kappa shape index (κ1) is 22.9. The highest BCUT2D eigenvalue weighted by molar-refractivity contribution is 7.98. The van der Waals surface area contributed by atoms with Crippen molar-refractivity contribution in [3.63, 3.8) is 0 Å². The summed E-state index contributed by atoms with van der Waals surface area (Å²) in [7, 11) is 3.00. The molecule has 0 saturated heterocycles. The third-order valence-electron chi connectivity index (χ3n) is 4.80. The van der Waals surface area contributed by atoms with Crippen LogP contribution in [0, 0.1) is 5.82 Å². The molecule has 0 aliphatic heterocycles. The molecule has 4 rings (SSSR count). The summed E-state index contributed by atoms with van der Waals surface area (Å²) in [6.07, 6.45) is 1.65. The van der Waals surface area contributed by atoms with Crippen LogP contribution in [0.15, 0.2) is 59.9 Å². The van der Waals surface area contributed by atoms with Gasteiger partial charge >= 0.3 is 0 Å². The van der Waals surface area contributed by atoms with Gasteiger partial charge in [0.15, 0.2) is 10.8 Å². The van der Waals surface area contributed by atoms with E-state index in [0.717, 1.165) is 5.56 Å². The Morgan fingerprint density at radius 3 is 2.64 bits per heavy atom. The van der Waals surface area contributed by atoms with Crippen LogP contribution < -0.4 is 14.8 Å². The number of halogens is 2. The van der Waals surface area contributed by atoms with Gasteiger partial charge in [-0.25, -0.2) is 14.4 Å². The van der Waals surface area contributed by atoms with E-state index in [4.69, 9.17) is 21.1 Å². The second kappa shape index (κ2) is 10.1. The van der Waals surface area contributed by atoms with Crippen LogP contribution in [0.25, 0.3) is 11.2 Å². The summed E-state index contributed by atoms with van der Waals surface area (Å²) < 4.78 is 25.5. The monoisotopic (exact) mass is 486 g/mol. The lowest BCUT2D eigenvalue weighted by molar-refractivity contribution is -0.116. The molecule has 10 heteroatoms. The van der Waals surface area contributed by atoms with Gasteiger partial charge in [-0.1, -0.05) is 35.5 Å². The number of aromatic nitrogens is 3. The van der Waals surface area contributed by atoms with E-state index >= 15 is 0 Å². The first-order valence-corrected chi connectivity index (χ1v) is 11.2. The standard InChI is InChI=1S/C23H20ClFN4O3S/c1-31-19-11-20(32-2)18(10-16(19)24)27-21(30)12-29-22-17(4-3-9-26-22)28-23(29)33-13-14-5-7-15(25)8-6-14/h3-11H,12-13H2,1-2H3,(H,27,30). The van der Waals surface area contributed by atoms with Crippen molar-refractivity contribution in [1.29, 1.82) is 0 Å². The first-order chi connectivity index (χ1) is 16.0. The number of methoxy groups -OCH3 is 2. The normalized spacial score (nSPS) is 10.9. The predicted octanol–water partition coefficient (Wildman–Crippen LogP) is 5.17. The van der Waals surface area contributed by atoms with Crippen molar-refractivity contribution in [2.24, 2.45) is 0 Å². The fraction of sp³-hybridized carbons (Fsp3) is 0.174. The number of pyridine rings is 1. The topological polar surface area (TPSA) is 78.3 Å². The van der Waals surface area contributed by atoms with Gasteiger partial charge in [-0.15, -0.1) is 0 Å². The van der Waals surface area contributed by atoms with E-state index in [-0.39, 0.29) is 18.3 Å². The third-order valence-corrected chi connectivity index (χ3v) is 6.14. The SMILES string of the molecule is COc1cc(OC)c(NC(=O)Cn2c(SCc3ccc(F)cc3)nc3cccnc32)cc1Cl. The predicted molar refractivity (Wildman–Crippen MR) is 127 cm³/mol. The molecule has 0 bridgehead atoms. The minimum absolute atomic E-state index is 0.0218. The van der Waals surface area contributed by atoms with Crippen molar-refractivity contribution in [1.82, 2.24) is 14.5 Å². The van der Waals surface area contributed by atoms with E-state index in [0.29, 0.717) is 44.3 Å². The van der Waals surface area contributed by atoms with Crippen molar-refractivity contribution in [3.8, 4) is 11.5 Å². The van der Waals surface area contributed by atoms with Gasteiger partial charge in [0.25, 0.3) is 0 Å². The van der Waals surface area contributed by atoms with E-state index in [1.165, 1.54) is 38.1 Å². The van der Waals surface area contributed by atoms with Crippen molar-refractivity contribution >= 4 is 46.1 Å². The molecule has 1 amide bonds. The van der Waals surface area contributed by atoms with Gasteiger partial charge in [0.2, 0.25) is 5.91 Å². The Kier molecular flexibility index (Phi) is 7.00. The second-order valence-electron chi connectivity index (χ2n) is 6.98. The number of hydrogen-bond donors (Lipinski definition) is 1. The molecular formula is C23H20ClFN4O3S. The maximum absolute atomic E-state index is 13.2. The van der Waals surface area contributed by atoms with Crippen LogP contribution in [0.2, 0.25) is 5.02 Å². The lowest BCUT2D eigenvalue weighted by Crippen LogP contribution is -2.20. The smallest absolute Gasteiger partial charge is 0.244 e. The number of thioether (sulfide) groups is 1. The fourth-order valence-corrected chi connectivity index (χ4v) is 4.41. The number of carbonyl (C=O) groups is 1. The molecule has 1 N–H and O–H groups in total. The van der Waals surface area contributed by atoms with E-state index in [2.05, 4.69) is 15.3 Å². The number of rotatable bonds is 8. The molecular weight excluding hydrogens is 467 g/mol. The molecule has 4 aromatic rings. The van der Waals surface area contributed by atoms with Crippen molar-refractivity contribution in [2.75, 3.05) is 19.5 Å². The van der Waals surface area contributed by atoms with Crippen LogP contribution in [-0.4, -0.2) is 34.7 Å². The van der Waals surface area contributed by atoms with Gasteiger partial charge in [0, 0.05) is 18.0 Å². The zero-order chi connectivity index (χ0) is 23.4. The zero-order valence-corrected chi connectivity index (χ0v) is 19.4. The number of benzene rings is 2. The van der Waals surface area contributed by atoms with E-state index < -0.39 is 0 Å². The molecule has 2 heterocycles. The summed E-state index contributed by atoms with van der Waals surface area (Å²) in [6.45, 7) is -0.0218. The molecule has 0 aliphatic carbocycles. The molecule has 0 aliphatic rings. The average molecular weight is 487 g/mol. The van der Waals surface area contributed by atoms with Crippen LogP contribution >= 0.6 is 23.4 Å². The lowest BCUT2D eigenvalue weighted by Gasteiger charge is -2.14. The molecule has 2 aromatic heterocycles. The van der Waals surface area contributed by atoms with Crippen LogP contribution in [-0.2, 0) is 17.1 Å². The van der Waals surface area contributed by atoms with Crippen LogP contribution in [0.5, 0.6) is 11.5 Å². The second-order valence-corrected chi connectivity index (χ2v) is 8.33. The first-order valence-electron chi connectivity index (χ1n) is 9.88. The van der Waals surface area contributed by atoms with Gasteiger partial charge in [-0.3, -0.25) is 9.36 Å². The molecule has 7 nitrogen and oxygen atoms in total. The van der Waals surface area contributed by atoms with E-state index in [9.17, 15) is 9.18 Å². The molecule has 0 fully saturated rings. The van der Waals surface area contributed by atoms with Gasteiger partial charge in [-0.2, -0.15) is 0 Å². The Balaban J connectivity index is 1.57. The maximum Gasteiger partial charge on any atom is 0.244 e. The Hall–Kier alpha value is -3.30. The molecule has 0 radical (unpaired) electrons. The third kappa shape index (κ3) is 5.20. The number of nitrogens with zero attached hydrogens (tertiary/aromatic N) is 3. The Labute approximate surface area is 198 Å². The number of carbonyl (C=O) groups excluding carboxylic acids is 1. The molecule has 33 heavy (non-hydrogen) atoms. The molecule has 0 atom stereocenters. The highest BCUT2D eigenvalue weighted by Gasteiger charge is 2.17. The number of imidazole rings is 1. The summed E-state index contributed by atoms with van der Waals surface area (Å²) in [5.41, 5.74) is 2.63. The Bertz CT molecular complexity index is 1300. The largest absolute Gasteiger partial charge is 0.495 e. The summed E-state index contributed by atoms with van der Waals surface area (Å²) in [6, 6.07) is 13.1. The highest BCUT2D eigenvalue weighted by Crippen LogP contribution is 2.36. The van der Waals surface area contributed by atoms with Crippen molar-refractivity contribution < 1.29 is 18.7 Å². The maximum atomic E-state index is 13.2. The quantitative estimate of drug-likeness (QED) is 0.346. The Morgan fingerprint density at radius 1 is 1.15 bits per heavy atom. The van der Waals surface area contributed by atoms with Gasteiger partial charge in [0.05, 0.1) is 24.9 Å². The minimum atomic E-state index is -0.303. The van der Waals surface area contributed by atoms with Crippen LogP contribution in [0.4, 0.5) is 10.1 Å². The average Bonchev–Trinajstić information content (AvgIpc) is 3.16. The number of nitrogens with one attached hydrogen (secondary N) is 1. The minimum Gasteiger partial charge on any atom is -0.495 e. The zero-order valence-electron chi connectivity index (χ0n) is 17.8. The lowest BCUT2D eigenvalue weighted by atomic mass is 10.2. The molecule has 2 aromatic carbocycles. The van der Waals surface area contributed by atoms with Gasteiger partial charge < -0.3 is 14.8 Å². The van der Waals surface area contributed by atoms with Gasteiger partial charge in [0.1, 0.15) is 29.4 Å². The summed E-state index contributed by atoms with van der Waals surface area (Å²) in [4.78, 5) is 22.0. The number of ether oxygens (including phenoxy) is 2. The summed E-state index contributed by atoms with van der Waals surface area (Å²) >= 11 is 7.66. The number of anilines is 1. The molecule has 0 spiro atoms. The summed E-state index contributed by atoms with van der Waals surface area (Å²) in [5.74, 6) is 0.835. The Morgan fingerprint density at radius 2 is 1.91 bits per heavy atom. The highest BCUT2D eigenvalue weighted by atomic mass is 35.5. The van der Waals surface area contributed by atoms with E-state index in [1.807, 2.05) is 6.07 Å².